The van der Waals surface area contributed by atoms with Crippen LogP contribution in [-0.4, -0.2) is 52.6 Å². The van der Waals surface area contributed by atoms with Crippen LogP contribution in [0.25, 0.3) is 11.3 Å². The molecular formula is C21H25BClN5O3. The molecule has 4 N–H and O–H groups in total. The van der Waals surface area contributed by atoms with E-state index in [9.17, 15) is 4.79 Å². The molecule has 2 amide bonds. The minimum absolute atomic E-state index is 0.0190. The molecule has 2 aromatic rings. The number of fused-ring (bicyclic) bond motifs is 1. The minimum atomic E-state index is -0.0660. The third-order valence-electron chi connectivity index (χ3n) is 6.58. The van der Waals surface area contributed by atoms with Gasteiger partial charge in [-0.05, 0) is 42.8 Å². The Bertz CT molecular complexity index is 1050. The summed E-state index contributed by atoms with van der Waals surface area (Å²) in [6.07, 6.45) is 3.82. The van der Waals surface area contributed by atoms with Crippen molar-refractivity contribution in [3.05, 3.63) is 28.4 Å². The van der Waals surface area contributed by atoms with Crippen molar-refractivity contribution in [2.75, 3.05) is 18.9 Å². The average Bonchev–Trinajstić information content (AvgIpc) is 3.09. The SMILES string of the molecule is Bc1cc(Cl)c(-c2nc(N)nc3c2CN(C(=O)NC24CC(C2)C4)C3)cc1OCCCO. The molecule has 0 unspecified atom stereocenters. The number of carbonyl (C=O) groups excluding carboxylic acids is 1. The highest BCUT2D eigenvalue weighted by molar-refractivity contribution is 6.39. The molecule has 0 atom stereocenters. The topological polar surface area (TPSA) is 114 Å². The normalized spacial score (nSPS) is 23.0. The zero-order valence-electron chi connectivity index (χ0n) is 17.4. The maximum atomic E-state index is 12.9. The lowest BCUT2D eigenvalue weighted by atomic mass is 9.50. The minimum Gasteiger partial charge on any atom is -0.494 e. The lowest BCUT2D eigenvalue weighted by Gasteiger charge is -2.61. The van der Waals surface area contributed by atoms with Gasteiger partial charge >= 0.3 is 6.03 Å². The highest BCUT2D eigenvalue weighted by Crippen LogP contribution is 2.57. The Kier molecular flexibility index (Phi) is 4.98. The van der Waals surface area contributed by atoms with E-state index < -0.39 is 0 Å². The van der Waals surface area contributed by atoms with E-state index in [1.54, 1.807) is 4.90 Å². The van der Waals surface area contributed by atoms with Gasteiger partial charge in [-0.15, -0.1) is 0 Å². The molecule has 0 radical (unpaired) electrons. The van der Waals surface area contributed by atoms with E-state index in [-0.39, 0.29) is 24.1 Å². The lowest BCUT2D eigenvalue weighted by Crippen LogP contribution is -2.69. The molecule has 3 saturated carbocycles. The Hall–Kier alpha value is -2.52. The summed E-state index contributed by atoms with van der Waals surface area (Å²) in [5.41, 5.74) is 9.83. The molecule has 2 bridgehead atoms. The van der Waals surface area contributed by atoms with Crippen LogP contribution < -0.4 is 21.3 Å². The highest BCUT2D eigenvalue weighted by Gasteiger charge is 2.57. The molecule has 6 rings (SSSR count). The largest absolute Gasteiger partial charge is 0.494 e. The second-order valence-electron chi connectivity index (χ2n) is 8.92. The Morgan fingerprint density at radius 2 is 2.13 bits per heavy atom. The van der Waals surface area contributed by atoms with Crippen molar-refractivity contribution in [1.29, 1.82) is 0 Å². The monoisotopic (exact) mass is 441 g/mol. The zero-order valence-corrected chi connectivity index (χ0v) is 18.2. The Morgan fingerprint density at radius 3 is 2.81 bits per heavy atom. The van der Waals surface area contributed by atoms with Crippen molar-refractivity contribution in [3.8, 4) is 17.0 Å². The van der Waals surface area contributed by atoms with E-state index in [0.29, 0.717) is 48.1 Å². The predicted molar refractivity (Wildman–Crippen MR) is 120 cm³/mol. The van der Waals surface area contributed by atoms with Crippen LogP contribution in [0.3, 0.4) is 0 Å². The number of aromatic nitrogens is 2. The summed E-state index contributed by atoms with van der Waals surface area (Å²) in [5, 5.41) is 12.8. The van der Waals surface area contributed by atoms with E-state index in [4.69, 9.17) is 27.2 Å². The molecule has 8 nitrogen and oxygen atoms in total. The molecule has 0 spiro atoms. The zero-order chi connectivity index (χ0) is 21.8. The van der Waals surface area contributed by atoms with E-state index >= 15 is 0 Å². The second kappa shape index (κ2) is 7.56. The van der Waals surface area contributed by atoms with Gasteiger partial charge in [0, 0.05) is 34.7 Å². The predicted octanol–water partition coefficient (Wildman–Crippen LogP) is 0.976. The van der Waals surface area contributed by atoms with Gasteiger partial charge < -0.3 is 25.8 Å². The average molecular weight is 442 g/mol. The van der Waals surface area contributed by atoms with E-state index in [0.717, 1.165) is 41.9 Å². The summed E-state index contributed by atoms with van der Waals surface area (Å²) in [7, 11) is 1.92. The first-order chi connectivity index (χ1) is 14.9. The van der Waals surface area contributed by atoms with Crippen molar-refractivity contribution in [3.63, 3.8) is 0 Å². The number of benzene rings is 1. The van der Waals surface area contributed by atoms with Gasteiger partial charge in [0.15, 0.2) is 0 Å². The number of aliphatic hydroxyl groups is 1. The first-order valence-electron chi connectivity index (χ1n) is 10.6. The summed E-state index contributed by atoms with van der Waals surface area (Å²) in [5.74, 6) is 1.62. The summed E-state index contributed by atoms with van der Waals surface area (Å²) in [4.78, 5) is 23.5. The van der Waals surface area contributed by atoms with E-state index in [1.807, 2.05) is 20.0 Å². The van der Waals surface area contributed by atoms with Crippen LogP contribution in [0.4, 0.5) is 10.7 Å². The molecule has 3 aliphatic carbocycles. The number of amides is 2. The second-order valence-corrected chi connectivity index (χ2v) is 9.33. The fraction of sp³-hybridized carbons (Fsp3) is 0.476. The summed E-state index contributed by atoms with van der Waals surface area (Å²) < 4.78 is 5.81. The fourth-order valence-corrected chi connectivity index (χ4v) is 5.12. The maximum absolute atomic E-state index is 12.9. The summed E-state index contributed by atoms with van der Waals surface area (Å²) in [6, 6.07) is 3.61. The van der Waals surface area contributed by atoms with Crippen LogP contribution in [0.1, 0.15) is 36.9 Å². The Balaban J connectivity index is 1.43. The first-order valence-corrected chi connectivity index (χ1v) is 11.0. The number of hydrogen-bond donors (Lipinski definition) is 3. The van der Waals surface area contributed by atoms with Crippen molar-refractivity contribution >= 4 is 36.9 Å². The fourth-order valence-electron chi connectivity index (χ4n) is 4.81. The van der Waals surface area contributed by atoms with Crippen molar-refractivity contribution in [1.82, 2.24) is 20.2 Å². The van der Waals surface area contributed by atoms with Gasteiger partial charge in [-0.3, -0.25) is 0 Å². The molecule has 1 aliphatic heterocycles. The standard InChI is InChI=1S/C21H25BClN5O3/c22-14-5-15(23)12(4-17(14)31-3-1-2-29)18-13-9-28(10-16(13)25-19(24)26-18)20(30)27-21-6-11(7-21)8-21/h4-5,11,29H,1-3,6-10,22H2,(H,27,30)(H2,24,25,26). The smallest absolute Gasteiger partial charge is 0.318 e. The number of hydrogen-bond acceptors (Lipinski definition) is 6. The van der Waals surface area contributed by atoms with Crippen molar-refractivity contribution in [2.24, 2.45) is 5.92 Å². The van der Waals surface area contributed by atoms with Gasteiger partial charge in [0.2, 0.25) is 5.95 Å². The quantitative estimate of drug-likeness (QED) is 0.455. The third-order valence-corrected chi connectivity index (χ3v) is 6.89. The van der Waals surface area contributed by atoms with Crippen LogP contribution in [0.5, 0.6) is 5.75 Å². The molecule has 31 heavy (non-hydrogen) atoms. The van der Waals surface area contributed by atoms with E-state index in [2.05, 4.69) is 15.3 Å². The molecule has 0 saturated heterocycles. The van der Waals surface area contributed by atoms with Crippen LogP contribution in [0.15, 0.2) is 12.1 Å². The lowest BCUT2D eigenvalue weighted by molar-refractivity contribution is -0.0434. The van der Waals surface area contributed by atoms with Gasteiger partial charge in [0.25, 0.3) is 0 Å². The molecule has 1 aromatic carbocycles. The van der Waals surface area contributed by atoms with Crippen LogP contribution in [-0.2, 0) is 13.1 Å². The van der Waals surface area contributed by atoms with Crippen LogP contribution in [0.2, 0.25) is 5.02 Å². The van der Waals surface area contributed by atoms with Gasteiger partial charge in [0.1, 0.15) is 13.6 Å². The first kappa shape index (κ1) is 20.4. The summed E-state index contributed by atoms with van der Waals surface area (Å²) in [6.45, 7) is 1.26. The van der Waals surface area contributed by atoms with Crippen LogP contribution in [0, 0.1) is 5.92 Å². The number of ether oxygens (including phenoxy) is 1. The van der Waals surface area contributed by atoms with Gasteiger partial charge in [-0.25, -0.2) is 14.8 Å². The molecule has 1 aromatic heterocycles. The summed E-state index contributed by atoms with van der Waals surface area (Å²) >= 11 is 6.58. The van der Waals surface area contributed by atoms with Crippen LogP contribution >= 0.6 is 11.6 Å². The number of nitrogen functional groups attached to an aromatic ring is 1. The number of aliphatic hydroxyl groups excluding tert-OH is 1. The van der Waals surface area contributed by atoms with Gasteiger partial charge in [0.05, 0.1) is 31.1 Å². The highest BCUT2D eigenvalue weighted by atomic mass is 35.5. The molecular weight excluding hydrogens is 417 g/mol. The number of nitrogens with zero attached hydrogens (tertiary/aromatic N) is 3. The Morgan fingerprint density at radius 1 is 1.35 bits per heavy atom. The molecule has 162 valence electrons. The van der Waals surface area contributed by atoms with E-state index in [1.165, 1.54) is 0 Å². The Labute approximate surface area is 186 Å². The number of halogens is 1. The molecule has 4 aliphatic rings. The maximum Gasteiger partial charge on any atom is 0.318 e. The van der Waals surface area contributed by atoms with Gasteiger partial charge in [-0.1, -0.05) is 11.6 Å². The van der Waals surface area contributed by atoms with Crippen molar-refractivity contribution in [2.45, 2.75) is 44.3 Å². The molecule has 10 heteroatoms. The number of nitrogens with one attached hydrogen (secondary N) is 1. The third kappa shape index (κ3) is 3.59. The van der Waals surface area contributed by atoms with Gasteiger partial charge in [-0.2, -0.15) is 0 Å². The number of carbonyl (C=O) groups is 1. The van der Waals surface area contributed by atoms with Crippen molar-refractivity contribution < 1.29 is 14.6 Å². The molecule has 2 heterocycles. The number of rotatable bonds is 6. The number of anilines is 1. The number of nitrogens with two attached hydrogens (primary N) is 1. The molecule has 3 fully saturated rings. The number of urea groups is 1.